The van der Waals surface area contributed by atoms with Gasteiger partial charge in [0, 0.05) is 38.2 Å². The van der Waals surface area contributed by atoms with Crippen LogP contribution in [-0.2, 0) is 6.42 Å². The lowest BCUT2D eigenvalue weighted by Gasteiger charge is -2.21. The second kappa shape index (κ2) is 12.1. The molecule has 7 heteroatoms. The molecule has 3 rings (SSSR count). The van der Waals surface area contributed by atoms with Gasteiger partial charge in [0.2, 0.25) is 0 Å². The summed E-state index contributed by atoms with van der Waals surface area (Å²) in [6.45, 7) is 3.82. The van der Waals surface area contributed by atoms with Gasteiger partial charge in [-0.3, -0.25) is 4.99 Å². The smallest absolute Gasteiger partial charge is 0.190 e. The molecule has 2 aromatic rings. The fourth-order valence-corrected chi connectivity index (χ4v) is 3.67. The van der Waals surface area contributed by atoms with E-state index in [0.717, 1.165) is 55.8 Å². The molecule has 0 spiro atoms. The number of hydrogen-bond acceptors (Lipinski definition) is 3. The van der Waals surface area contributed by atoms with Crippen molar-refractivity contribution in [1.29, 1.82) is 0 Å². The van der Waals surface area contributed by atoms with E-state index in [1.165, 1.54) is 11.3 Å². The monoisotopic (exact) mass is 528 g/mol. The molecule has 158 valence electrons. The quantitative estimate of drug-likeness (QED) is 0.321. The van der Waals surface area contributed by atoms with Crippen molar-refractivity contribution in [2.24, 2.45) is 10.9 Å². The summed E-state index contributed by atoms with van der Waals surface area (Å²) in [4.78, 5) is 6.74. The summed E-state index contributed by atoms with van der Waals surface area (Å²) >= 11 is 5.93. The van der Waals surface area contributed by atoms with Crippen LogP contribution >= 0.6 is 35.6 Å². The highest BCUT2D eigenvalue weighted by Gasteiger charge is 2.24. The summed E-state index contributed by atoms with van der Waals surface area (Å²) < 4.78 is 5.50. The van der Waals surface area contributed by atoms with E-state index < -0.39 is 0 Å². The third kappa shape index (κ3) is 6.96. The first-order chi connectivity index (χ1) is 13.7. The lowest BCUT2D eigenvalue weighted by molar-refractivity contribution is 0.414. The van der Waals surface area contributed by atoms with Crippen molar-refractivity contribution in [3.63, 3.8) is 0 Å². The van der Waals surface area contributed by atoms with Crippen LogP contribution in [0.2, 0.25) is 5.02 Å². The Morgan fingerprint density at radius 2 is 1.93 bits per heavy atom. The summed E-state index contributed by atoms with van der Waals surface area (Å²) in [5, 5.41) is 7.63. The van der Waals surface area contributed by atoms with Gasteiger partial charge in [0.1, 0.15) is 5.75 Å². The minimum Gasteiger partial charge on any atom is -0.495 e. The molecule has 1 saturated heterocycles. The van der Waals surface area contributed by atoms with E-state index in [-0.39, 0.29) is 24.0 Å². The number of rotatable bonds is 7. The van der Waals surface area contributed by atoms with Gasteiger partial charge in [0.25, 0.3) is 0 Å². The zero-order chi connectivity index (χ0) is 19.8. The lowest BCUT2D eigenvalue weighted by Crippen LogP contribution is -2.41. The van der Waals surface area contributed by atoms with E-state index in [9.17, 15) is 0 Å². The van der Waals surface area contributed by atoms with Crippen molar-refractivity contribution in [3.8, 4) is 5.75 Å². The molecule has 0 aromatic heterocycles. The van der Waals surface area contributed by atoms with Gasteiger partial charge in [-0.1, -0.05) is 35.9 Å². The van der Waals surface area contributed by atoms with Crippen LogP contribution in [0.4, 0.5) is 5.69 Å². The summed E-state index contributed by atoms with van der Waals surface area (Å²) in [7, 11) is 3.54. The molecule has 0 bridgehead atoms. The molecule has 0 saturated carbocycles. The van der Waals surface area contributed by atoms with Crippen LogP contribution in [0.15, 0.2) is 53.5 Å². The standard InChI is InChI=1S/C22H29ClN4O.HI/c1-24-22(25-13-11-17-7-9-19(23)10-8-17)26-15-18-12-14-27(16-18)20-5-3-4-6-21(20)28-2;/h3-10,18H,11-16H2,1-2H3,(H2,24,25,26);1H. The molecule has 1 unspecified atom stereocenters. The molecule has 2 N–H and O–H groups in total. The number of nitrogens with one attached hydrogen (secondary N) is 2. The minimum atomic E-state index is 0. The van der Waals surface area contributed by atoms with Gasteiger partial charge in [-0.2, -0.15) is 0 Å². The van der Waals surface area contributed by atoms with Gasteiger partial charge in [0.15, 0.2) is 5.96 Å². The van der Waals surface area contributed by atoms with Crippen LogP contribution in [0.3, 0.4) is 0 Å². The Kier molecular flexibility index (Phi) is 9.87. The maximum Gasteiger partial charge on any atom is 0.190 e. The number of ether oxygens (including phenoxy) is 1. The summed E-state index contributed by atoms with van der Waals surface area (Å²) in [5.74, 6) is 2.38. The largest absolute Gasteiger partial charge is 0.495 e. The molecule has 1 heterocycles. The van der Waals surface area contributed by atoms with Crippen molar-refractivity contribution < 1.29 is 4.74 Å². The van der Waals surface area contributed by atoms with Crippen LogP contribution < -0.4 is 20.3 Å². The normalized spacial score (nSPS) is 16.3. The van der Waals surface area contributed by atoms with Gasteiger partial charge in [0.05, 0.1) is 12.8 Å². The Hall–Kier alpha value is -1.67. The Balaban J connectivity index is 0.00000300. The van der Waals surface area contributed by atoms with Crippen molar-refractivity contribution in [1.82, 2.24) is 10.6 Å². The second-order valence-electron chi connectivity index (χ2n) is 7.03. The van der Waals surface area contributed by atoms with Crippen LogP contribution in [0.25, 0.3) is 0 Å². The van der Waals surface area contributed by atoms with Gasteiger partial charge < -0.3 is 20.3 Å². The predicted molar refractivity (Wildman–Crippen MR) is 133 cm³/mol. The van der Waals surface area contributed by atoms with E-state index in [0.29, 0.717) is 5.92 Å². The van der Waals surface area contributed by atoms with Crippen molar-refractivity contribution in [2.45, 2.75) is 12.8 Å². The fourth-order valence-electron chi connectivity index (χ4n) is 3.55. The molecule has 5 nitrogen and oxygen atoms in total. The Morgan fingerprint density at radius 1 is 1.17 bits per heavy atom. The lowest BCUT2D eigenvalue weighted by atomic mass is 10.1. The molecule has 2 aromatic carbocycles. The third-order valence-electron chi connectivity index (χ3n) is 5.11. The molecule has 0 amide bonds. The number of benzene rings is 2. The molecule has 1 aliphatic rings. The molecule has 29 heavy (non-hydrogen) atoms. The van der Waals surface area contributed by atoms with Crippen molar-refractivity contribution >= 4 is 47.2 Å². The number of anilines is 1. The number of methoxy groups -OCH3 is 1. The number of guanidine groups is 1. The number of aliphatic imine (C=N–C) groups is 1. The first-order valence-corrected chi connectivity index (χ1v) is 10.1. The van der Waals surface area contributed by atoms with Gasteiger partial charge >= 0.3 is 0 Å². The molecular weight excluding hydrogens is 499 g/mol. The molecule has 1 aliphatic heterocycles. The van der Waals surface area contributed by atoms with Crippen LogP contribution in [-0.4, -0.2) is 46.3 Å². The van der Waals surface area contributed by atoms with Crippen LogP contribution in [0.5, 0.6) is 5.75 Å². The third-order valence-corrected chi connectivity index (χ3v) is 5.36. The Bertz CT molecular complexity index is 785. The van der Waals surface area contributed by atoms with Crippen molar-refractivity contribution in [3.05, 3.63) is 59.1 Å². The first-order valence-electron chi connectivity index (χ1n) is 9.76. The second-order valence-corrected chi connectivity index (χ2v) is 7.47. The van der Waals surface area contributed by atoms with Gasteiger partial charge in [-0.15, -0.1) is 24.0 Å². The van der Waals surface area contributed by atoms with E-state index in [2.05, 4.69) is 44.8 Å². The van der Waals surface area contributed by atoms with Gasteiger partial charge in [-0.25, -0.2) is 0 Å². The summed E-state index contributed by atoms with van der Waals surface area (Å²) in [6, 6.07) is 16.2. The SMILES string of the molecule is CN=C(NCCc1ccc(Cl)cc1)NCC1CCN(c2ccccc2OC)C1.I. The molecular formula is C22H30ClIN4O. The molecule has 0 aliphatic carbocycles. The summed E-state index contributed by atoms with van der Waals surface area (Å²) in [6.07, 6.45) is 2.09. The average Bonchev–Trinajstić information content (AvgIpc) is 3.20. The number of halogens is 2. The topological polar surface area (TPSA) is 48.9 Å². The maximum absolute atomic E-state index is 5.93. The minimum absolute atomic E-state index is 0. The highest BCUT2D eigenvalue weighted by Crippen LogP contribution is 2.31. The molecule has 1 fully saturated rings. The Morgan fingerprint density at radius 3 is 2.66 bits per heavy atom. The number of nitrogens with zero attached hydrogens (tertiary/aromatic N) is 2. The number of para-hydroxylation sites is 2. The van der Waals surface area contributed by atoms with E-state index in [4.69, 9.17) is 16.3 Å². The van der Waals surface area contributed by atoms with E-state index in [1.807, 2.05) is 31.3 Å². The zero-order valence-electron chi connectivity index (χ0n) is 17.0. The van der Waals surface area contributed by atoms with E-state index in [1.54, 1.807) is 7.11 Å². The fraction of sp³-hybridized carbons (Fsp3) is 0.409. The molecule has 1 atom stereocenters. The summed E-state index contributed by atoms with van der Waals surface area (Å²) in [5.41, 5.74) is 2.44. The first kappa shape index (κ1) is 23.6. The Labute approximate surface area is 195 Å². The predicted octanol–water partition coefficient (Wildman–Crippen LogP) is 4.20. The molecule has 0 radical (unpaired) electrons. The maximum atomic E-state index is 5.93. The number of hydrogen-bond donors (Lipinski definition) is 2. The van der Waals surface area contributed by atoms with Gasteiger partial charge in [-0.05, 0) is 48.6 Å². The van der Waals surface area contributed by atoms with E-state index >= 15 is 0 Å². The van der Waals surface area contributed by atoms with Crippen LogP contribution in [0, 0.1) is 5.92 Å². The van der Waals surface area contributed by atoms with Crippen molar-refractivity contribution in [2.75, 3.05) is 45.2 Å². The zero-order valence-corrected chi connectivity index (χ0v) is 20.1. The highest BCUT2D eigenvalue weighted by molar-refractivity contribution is 14.0. The average molecular weight is 529 g/mol. The highest BCUT2D eigenvalue weighted by atomic mass is 127. The van der Waals surface area contributed by atoms with Crippen LogP contribution in [0.1, 0.15) is 12.0 Å².